The molecule has 0 atom stereocenters. The zero-order valence-corrected chi connectivity index (χ0v) is 38.6. The van der Waals surface area contributed by atoms with Crippen LogP contribution in [0.25, 0.3) is 0 Å². The minimum Gasteiger partial charge on any atom is -1.00 e. The summed E-state index contributed by atoms with van der Waals surface area (Å²) in [5, 5.41) is 21.9. The van der Waals surface area contributed by atoms with Crippen LogP contribution in [0.5, 0.6) is 0 Å². The molecule has 3 aliphatic heterocycles. The largest absolute Gasteiger partial charge is 2.00 e. The molecule has 5 heterocycles. The van der Waals surface area contributed by atoms with Crippen LogP contribution in [0.2, 0.25) is 10.0 Å². The summed E-state index contributed by atoms with van der Waals surface area (Å²) < 4.78 is 4.94. The van der Waals surface area contributed by atoms with Crippen molar-refractivity contribution >= 4 is 81.4 Å². The number of hydroxylamine groups is 2. The Morgan fingerprint density at radius 1 is 0.836 bits per heavy atom. The van der Waals surface area contributed by atoms with Gasteiger partial charge in [0.1, 0.15) is 5.69 Å². The van der Waals surface area contributed by atoms with Crippen LogP contribution in [-0.4, -0.2) is 123 Å². The molecule has 7 rings (SSSR count). The molecule has 15 nitrogen and oxygen atoms in total. The van der Waals surface area contributed by atoms with Crippen molar-refractivity contribution < 1.29 is 45.7 Å². The number of nitrogens with zero attached hydrogens (tertiary/aromatic N) is 5. The predicted molar refractivity (Wildman–Crippen MR) is 240 cm³/mol. The second-order valence-corrected chi connectivity index (χ2v) is 14.1. The molecule has 0 spiro atoms. The fourth-order valence-corrected chi connectivity index (χ4v) is 6.35. The average molecular weight is 962 g/mol. The van der Waals surface area contributed by atoms with E-state index in [1.54, 1.807) is 58.3 Å². The minimum absolute atomic E-state index is 0. The molecule has 19 heteroatoms. The number of ketones is 1. The van der Waals surface area contributed by atoms with Crippen LogP contribution in [0, 0.1) is 6.92 Å². The summed E-state index contributed by atoms with van der Waals surface area (Å²) in [5.41, 5.74) is 5.34. The van der Waals surface area contributed by atoms with Crippen molar-refractivity contribution in [2.24, 2.45) is 0 Å². The normalized spacial score (nSPS) is 13.0. The third-order valence-corrected chi connectivity index (χ3v) is 9.39. The number of urea groups is 2. The van der Waals surface area contributed by atoms with E-state index in [4.69, 9.17) is 32.8 Å². The summed E-state index contributed by atoms with van der Waals surface area (Å²) in [4.78, 5) is 57.7. The molecule has 0 radical (unpaired) electrons. The van der Waals surface area contributed by atoms with Crippen LogP contribution in [-0.2, 0) is 35.5 Å². The molecule has 4 aromatic rings. The van der Waals surface area contributed by atoms with E-state index in [-0.39, 0.29) is 90.9 Å². The molecule has 2 aromatic heterocycles. The van der Waals surface area contributed by atoms with Gasteiger partial charge in [0, 0.05) is 96.5 Å². The molecule has 4 N–H and O–H groups in total. The standard InChI is InChI=1S/C17H19ClN4O2.C16H18ClN5O3.C4H8O.C3H7.2CH4.BrH.Mg/c1-2-4-15(23)16-13-10-22(8-7-14(13)20-21-16)17(24)19-12-6-3-5-11(18)9-12;1-21(25-2)15(23)14-12-9-22(7-6-13(12)19-20-14)16(24)18-11-5-3-4-10(17)8-11;1-2-4-5-3-1;1-3-2;;;;/h3,5-6,9H,2,4,7-8,10H2,1H3,(H,19,24)(H,20,21);3-5,8H,6-7,9H2,1-2H3,(H,18,24)(H,19,20);1-4H2;1,3H2,2H3;2*1H4;1H;/q;;;-1;;;;+2/p-1. The van der Waals surface area contributed by atoms with Crippen LogP contribution in [0.15, 0.2) is 48.5 Å². The predicted octanol–water partition coefficient (Wildman–Crippen LogP) is 5.85. The number of hydrogen-bond donors (Lipinski definition) is 4. The number of Topliss-reactive ketones (excluding diaryl/α,β-unsaturated/α-hetero) is 1. The Labute approximate surface area is 397 Å². The van der Waals surface area contributed by atoms with Gasteiger partial charge in [-0.25, -0.2) is 14.7 Å². The molecular weight excluding hydrogens is 902 g/mol. The van der Waals surface area contributed by atoms with Gasteiger partial charge in [0.25, 0.3) is 5.91 Å². The smallest absolute Gasteiger partial charge is 1.00 e. The minimum atomic E-state index is -0.364. The fourth-order valence-electron chi connectivity index (χ4n) is 5.97. The summed E-state index contributed by atoms with van der Waals surface area (Å²) in [6.45, 7) is 11.2. The number of aromatic nitrogens is 4. The summed E-state index contributed by atoms with van der Waals surface area (Å²) in [6, 6.07) is 13.5. The fraction of sp³-hybridized carbons (Fsp3) is 0.452. The maximum Gasteiger partial charge on any atom is 2.00 e. The molecule has 1 fully saturated rings. The molecule has 0 unspecified atom stereocenters. The number of rotatable bonds is 7. The Kier molecular flexibility index (Phi) is 27.8. The number of anilines is 2. The van der Waals surface area contributed by atoms with E-state index in [0.717, 1.165) is 48.1 Å². The Morgan fingerprint density at radius 2 is 1.28 bits per heavy atom. The van der Waals surface area contributed by atoms with Crippen LogP contribution in [0.3, 0.4) is 0 Å². The summed E-state index contributed by atoms with van der Waals surface area (Å²) in [5.74, 6) is -0.343. The van der Waals surface area contributed by atoms with Crippen molar-refractivity contribution in [1.82, 2.24) is 35.3 Å². The molecule has 5 amide bonds. The van der Waals surface area contributed by atoms with Crippen LogP contribution >= 0.6 is 23.2 Å². The Bertz CT molecular complexity index is 1960. The number of halogens is 3. The Morgan fingerprint density at radius 3 is 1.67 bits per heavy atom. The van der Waals surface area contributed by atoms with Gasteiger partial charge >= 0.3 is 35.1 Å². The monoisotopic (exact) mass is 959 g/mol. The number of carbonyl (C=O) groups is 4. The number of fused-ring (bicyclic) bond motifs is 2. The van der Waals surface area contributed by atoms with Gasteiger partial charge in [-0.3, -0.25) is 24.6 Å². The molecule has 0 saturated carbocycles. The third-order valence-electron chi connectivity index (χ3n) is 8.92. The Hall–Kier alpha value is -3.71. The first-order valence-corrected chi connectivity index (χ1v) is 19.7. The second-order valence-electron chi connectivity index (χ2n) is 13.3. The summed E-state index contributed by atoms with van der Waals surface area (Å²) in [6.07, 6.45) is 6.05. The average Bonchev–Trinajstić information content (AvgIpc) is 4.00. The van der Waals surface area contributed by atoms with E-state index in [2.05, 4.69) is 38.0 Å². The van der Waals surface area contributed by atoms with Crippen molar-refractivity contribution in [2.75, 3.05) is 51.1 Å². The quantitative estimate of drug-likeness (QED) is 0.0773. The Balaban J connectivity index is 0.000000946. The van der Waals surface area contributed by atoms with E-state index < -0.39 is 0 Å². The first-order chi connectivity index (χ1) is 27.5. The molecule has 2 aromatic carbocycles. The van der Waals surface area contributed by atoms with Crippen molar-refractivity contribution in [2.45, 2.75) is 86.7 Å². The number of nitrogens with one attached hydrogen (secondary N) is 4. The molecule has 332 valence electrons. The van der Waals surface area contributed by atoms with Crippen LogP contribution in [0.1, 0.15) is 104 Å². The second kappa shape index (κ2) is 29.6. The van der Waals surface area contributed by atoms with Gasteiger partial charge in [-0.2, -0.15) is 16.6 Å². The first kappa shape index (κ1) is 57.3. The van der Waals surface area contributed by atoms with Gasteiger partial charge in [-0.1, -0.05) is 64.0 Å². The van der Waals surface area contributed by atoms with Gasteiger partial charge in [-0.05, 0) is 55.7 Å². The molecule has 61 heavy (non-hydrogen) atoms. The van der Waals surface area contributed by atoms with Crippen LogP contribution in [0.4, 0.5) is 21.0 Å². The molecule has 0 bridgehead atoms. The van der Waals surface area contributed by atoms with Crippen molar-refractivity contribution in [3.8, 4) is 0 Å². The molecule has 1 saturated heterocycles. The van der Waals surface area contributed by atoms with Gasteiger partial charge in [0.15, 0.2) is 11.5 Å². The van der Waals surface area contributed by atoms with Gasteiger partial charge in [-0.15, -0.1) is 0 Å². The number of ether oxygens (including phenoxy) is 1. The number of carbonyl (C=O) groups excluding carboxylic acids is 4. The van der Waals surface area contributed by atoms with Crippen molar-refractivity contribution in [1.29, 1.82) is 0 Å². The zero-order chi connectivity index (χ0) is 41.3. The summed E-state index contributed by atoms with van der Waals surface area (Å²) in [7, 11) is 2.91. The van der Waals surface area contributed by atoms with E-state index in [0.29, 0.717) is 71.6 Å². The molecule has 0 aliphatic carbocycles. The number of amides is 5. The van der Waals surface area contributed by atoms with E-state index in [1.165, 1.54) is 27.0 Å². The van der Waals surface area contributed by atoms with Crippen molar-refractivity contribution in [3.05, 3.63) is 99.4 Å². The number of benzene rings is 2. The zero-order valence-electron chi connectivity index (χ0n) is 34.0. The van der Waals surface area contributed by atoms with Crippen molar-refractivity contribution in [3.63, 3.8) is 0 Å². The van der Waals surface area contributed by atoms with E-state index in [9.17, 15) is 19.2 Å². The van der Waals surface area contributed by atoms with Crippen LogP contribution < -0.4 is 27.6 Å². The number of H-pyrrole nitrogens is 2. The third kappa shape index (κ3) is 17.2. The number of hydrogen-bond acceptors (Lipinski definition) is 8. The maximum atomic E-state index is 12.5. The molecular formula is C42H60BrCl2MgN9O6. The van der Waals surface area contributed by atoms with Gasteiger partial charge in [0.2, 0.25) is 0 Å². The number of aromatic amines is 2. The summed E-state index contributed by atoms with van der Waals surface area (Å²) >= 11 is 11.9. The van der Waals surface area contributed by atoms with E-state index in [1.807, 2.05) is 13.8 Å². The maximum absolute atomic E-state index is 12.5. The first-order valence-electron chi connectivity index (χ1n) is 19.0. The van der Waals surface area contributed by atoms with Gasteiger partial charge < -0.3 is 49.1 Å². The topological polar surface area (TPSA) is 178 Å². The SMILES string of the molecule is C.C.C1CCOC1.CCCC(=O)c1n[nH]c2c1CN(C(=O)Nc1cccc(Cl)c1)CC2.CON(C)C(=O)c1n[nH]c2c1CN(C(=O)Nc1cccc(Cl)c1)CC2.[Br-].[CH2-]CC.[Mg+2]. The molecule has 3 aliphatic rings. The van der Waals surface area contributed by atoms with E-state index >= 15 is 0 Å². The van der Waals surface area contributed by atoms with Gasteiger partial charge in [0.05, 0.1) is 20.2 Å².